The molecule has 1 aromatic carbocycles. The lowest BCUT2D eigenvalue weighted by Crippen LogP contribution is -2.10. The van der Waals surface area contributed by atoms with Crippen LogP contribution >= 0.6 is 0 Å². The molecule has 3 heteroatoms. The van der Waals surface area contributed by atoms with Gasteiger partial charge in [-0.05, 0) is 43.7 Å². The quantitative estimate of drug-likeness (QED) is 0.913. The number of aromatic nitrogens is 1. The number of rotatable bonds is 4. The van der Waals surface area contributed by atoms with E-state index < -0.39 is 0 Å². The lowest BCUT2D eigenvalue weighted by molar-refractivity contribution is 0.320. The molecular formula is C17H22N2O. The third-order valence-corrected chi connectivity index (χ3v) is 3.97. The topological polar surface area (TPSA) is 34.1 Å². The van der Waals surface area contributed by atoms with Gasteiger partial charge in [-0.15, -0.1) is 0 Å². The van der Waals surface area contributed by atoms with E-state index >= 15 is 0 Å². The molecule has 0 radical (unpaired) electrons. The maximum Gasteiger partial charge on any atom is 0.145 e. The number of nitrogens with one attached hydrogen (secondary N) is 1. The first-order valence-electron chi connectivity index (χ1n) is 7.60. The van der Waals surface area contributed by atoms with Gasteiger partial charge >= 0.3 is 0 Å². The molecule has 3 rings (SSSR count). The van der Waals surface area contributed by atoms with E-state index in [9.17, 15) is 0 Å². The second-order valence-corrected chi connectivity index (χ2v) is 5.37. The van der Waals surface area contributed by atoms with Gasteiger partial charge in [0.05, 0.1) is 6.61 Å². The fourth-order valence-corrected chi connectivity index (χ4v) is 3.03. The lowest BCUT2D eigenvalue weighted by Gasteiger charge is -2.21. The van der Waals surface area contributed by atoms with E-state index in [1.807, 2.05) is 13.1 Å². The summed E-state index contributed by atoms with van der Waals surface area (Å²) in [6, 6.07) is 6.23. The van der Waals surface area contributed by atoms with E-state index in [0.717, 1.165) is 37.1 Å². The van der Waals surface area contributed by atoms with Crippen molar-refractivity contribution in [1.82, 2.24) is 4.98 Å². The number of pyridine rings is 1. The third-order valence-electron chi connectivity index (χ3n) is 3.97. The monoisotopic (exact) mass is 270 g/mol. The van der Waals surface area contributed by atoms with Gasteiger partial charge in [0.2, 0.25) is 0 Å². The zero-order chi connectivity index (χ0) is 13.9. The predicted molar refractivity (Wildman–Crippen MR) is 83.7 cm³/mol. The van der Waals surface area contributed by atoms with Crippen LogP contribution in [-0.2, 0) is 12.8 Å². The molecule has 0 amide bonds. The Morgan fingerprint density at radius 2 is 2.10 bits per heavy atom. The largest absolute Gasteiger partial charge is 0.491 e. The molecule has 0 atom stereocenters. The van der Waals surface area contributed by atoms with Crippen LogP contribution < -0.4 is 10.1 Å². The van der Waals surface area contributed by atoms with Gasteiger partial charge in [-0.25, -0.2) is 4.98 Å². The number of nitrogens with zero attached hydrogens (tertiary/aromatic N) is 1. The van der Waals surface area contributed by atoms with Crippen LogP contribution in [0.15, 0.2) is 18.2 Å². The first kappa shape index (κ1) is 13.2. The first-order valence-corrected chi connectivity index (χ1v) is 7.60. The highest BCUT2D eigenvalue weighted by atomic mass is 16.5. The molecule has 0 spiro atoms. The van der Waals surface area contributed by atoms with E-state index in [4.69, 9.17) is 9.72 Å². The van der Waals surface area contributed by atoms with Crippen molar-refractivity contribution in [2.24, 2.45) is 0 Å². The molecule has 20 heavy (non-hydrogen) atoms. The molecule has 0 saturated heterocycles. The zero-order valence-corrected chi connectivity index (χ0v) is 12.3. The van der Waals surface area contributed by atoms with Gasteiger partial charge in [0.1, 0.15) is 11.3 Å². The van der Waals surface area contributed by atoms with Crippen LogP contribution in [0.1, 0.15) is 37.4 Å². The molecule has 0 aliphatic heterocycles. The molecule has 0 unspecified atom stereocenters. The van der Waals surface area contributed by atoms with E-state index in [1.165, 1.54) is 35.2 Å². The summed E-state index contributed by atoms with van der Waals surface area (Å²) in [7, 11) is 2.00. The van der Waals surface area contributed by atoms with Crippen LogP contribution in [0.4, 0.5) is 5.69 Å². The molecule has 2 aromatic rings. The van der Waals surface area contributed by atoms with Crippen LogP contribution in [0.3, 0.4) is 0 Å². The number of fused-ring (bicyclic) bond motifs is 2. The van der Waals surface area contributed by atoms with Crippen molar-refractivity contribution in [3.05, 3.63) is 29.5 Å². The van der Waals surface area contributed by atoms with Gasteiger partial charge in [-0.1, -0.05) is 19.1 Å². The van der Waals surface area contributed by atoms with Crippen molar-refractivity contribution < 1.29 is 4.74 Å². The average molecular weight is 270 g/mol. The number of anilines is 1. The molecule has 0 bridgehead atoms. The van der Waals surface area contributed by atoms with Crippen molar-refractivity contribution >= 4 is 16.6 Å². The summed E-state index contributed by atoms with van der Waals surface area (Å²) in [5.74, 6) is 0.911. The van der Waals surface area contributed by atoms with Gasteiger partial charge in [0.25, 0.3) is 0 Å². The fraction of sp³-hybridized carbons (Fsp3) is 0.471. The standard InChI is InChI=1S/C17H22N2O/c1-3-11-20-15-10-6-8-13-16(18-2)12-7-4-5-9-14(12)19-17(13)15/h6,8,10H,3-5,7,9,11H2,1-2H3,(H,18,19). The minimum atomic E-state index is 0.743. The van der Waals surface area contributed by atoms with E-state index in [1.54, 1.807) is 0 Å². The highest BCUT2D eigenvalue weighted by molar-refractivity contribution is 5.96. The third kappa shape index (κ3) is 2.21. The number of hydrogen-bond donors (Lipinski definition) is 1. The number of aryl methyl sites for hydroxylation is 1. The number of para-hydroxylation sites is 1. The first-order chi connectivity index (χ1) is 9.85. The van der Waals surface area contributed by atoms with Crippen molar-refractivity contribution in [2.75, 3.05) is 19.0 Å². The Kier molecular flexibility index (Phi) is 3.77. The van der Waals surface area contributed by atoms with Crippen LogP contribution in [0.2, 0.25) is 0 Å². The molecule has 1 aliphatic rings. The van der Waals surface area contributed by atoms with Crippen LogP contribution in [-0.4, -0.2) is 18.6 Å². The van der Waals surface area contributed by atoms with Crippen molar-refractivity contribution in [3.8, 4) is 5.75 Å². The zero-order valence-electron chi connectivity index (χ0n) is 12.3. The molecule has 3 nitrogen and oxygen atoms in total. The van der Waals surface area contributed by atoms with Crippen molar-refractivity contribution in [2.45, 2.75) is 39.0 Å². The molecule has 106 valence electrons. The predicted octanol–water partition coefficient (Wildman–Crippen LogP) is 3.94. The number of hydrogen-bond acceptors (Lipinski definition) is 3. The Morgan fingerprint density at radius 3 is 2.90 bits per heavy atom. The van der Waals surface area contributed by atoms with Gasteiger partial charge in [0, 0.05) is 23.8 Å². The molecule has 1 aliphatic carbocycles. The highest BCUT2D eigenvalue weighted by Crippen LogP contribution is 2.36. The fourth-order valence-electron chi connectivity index (χ4n) is 3.03. The lowest BCUT2D eigenvalue weighted by atomic mass is 9.92. The van der Waals surface area contributed by atoms with Gasteiger partial charge in [-0.3, -0.25) is 0 Å². The highest BCUT2D eigenvalue weighted by Gasteiger charge is 2.18. The molecule has 0 saturated carbocycles. The average Bonchev–Trinajstić information content (AvgIpc) is 2.50. The minimum Gasteiger partial charge on any atom is -0.491 e. The Hall–Kier alpha value is -1.77. The Morgan fingerprint density at radius 1 is 1.25 bits per heavy atom. The smallest absolute Gasteiger partial charge is 0.145 e. The summed E-state index contributed by atoms with van der Waals surface area (Å²) >= 11 is 0. The maximum atomic E-state index is 5.87. The Balaban J connectivity index is 2.20. The summed E-state index contributed by atoms with van der Waals surface area (Å²) in [6.45, 7) is 2.87. The summed E-state index contributed by atoms with van der Waals surface area (Å²) in [5, 5.41) is 4.57. The van der Waals surface area contributed by atoms with E-state index in [2.05, 4.69) is 24.4 Å². The van der Waals surface area contributed by atoms with Gasteiger partial charge in [-0.2, -0.15) is 0 Å². The Labute approximate surface area is 120 Å². The molecule has 1 N–H and O–H groups in total. The SMILES string of the molecule is CCCOc1cccc2c(NC)c3c(nc12)CCCC3. The minimum absolute atomic E-state index is 0.743. The Bertz CT molecular complexity index is 622. The number of ether oxygens (including phenoxy) is 1. The van der Waals surface area contributed by atoms with E-state index in [-0.39, 0.29) is 0 Å². The molecular weight excluding hydrogens is 248 g/mol. The van der Waals surface area contributed by atoms with Crippen LogP contribution in [0, 0.1) is 0 Å². The molecule has 0 fully saturated rings. The second kappa shape index (κ2) is 5.70. The van der Waals surface area contributed by atoms with E-state index in [0.29, 0.717) is 0 Å². The van der Waals surface area contributed by atoms with Crippen molar-refractivity contribution in [1.29, 1.82) is 0 Å². The molecule has 1 aromatic heterocycles. The summed E-state index contributed by atoms with van der Waals surface area (Å²) in [4.78, 5) is 4.91. The van der Waals surface area contributed by atoms with Gasteiger partial charge < -0.3 is 10.1 Å². The maximum absolute atomic E-state index is 5.87. The normalized spacial score (nSPS) is 14.1. The second-order valence-electron chi connectivity index (χ2n) is 5.37. The molecule has 1 heterocycles. The summed E-state index contributed by atoms with van der Waals surface area (Å²) < 4.78 is 5.87. The van der Waals surface area contributed by atoms with Crippen LogP contribution in [0.5, 0.6) is 5.75 Å². The van der Waals surface area contributed by atoms with Crippen LogP contribution in [0.25, 0.3) is 10.9 Å². The van der Waals surface area contributed by atoms with Crippen molar-refractivity contribution in [3.63, 3.8) is 0 Å². The number of benzene rings is 1. The van der Waals surface area contributed by atoms with Gasteiger partial charge in [0.15, 0.2) is 0 Å². The summed E-state index contributed by atoms with van der Waals surface area (Å²) in [6.07, 6.45) is 5.74. The summed E-state index contributed by atoms with van der Waals surface area (Å²) in [5.41, 5.74) is 4.90.